The number of aromatic nitrogens is 2. The summed E-state index contributed by atoms with van der Waals surface area (Å²) in [6, 6.07) is 4.44. The largest absolute Gasteiger partial charge is 0.461 e. The Morgan fingerprint density at radius 3 is 2.67 bits per heavy atom. The number of amides is 1. The minimum absolute atomic E-state index is 0.0137. The van der Waals surface area contributed by atoms with Crippen LogP contribution >= 0.6 is 0 Å². The number of hydrogen-bond acceptors (Lipinski definition) is 6. The van der Waals surface area contributed by atoms with Gasteiger partial charge in [-0.2, -0.15) is 4.98 Å². The van der Waals surface area contributed by atoms with Crippen molar-refractivity contribution < 1.29 is 13.7 Å². The molecule has 2 aromatic heterocycles. The van der Waals surface area contributed by atoms with E-state index < -0.39 is 0 Å². The molecule has 0 fully saturated rings. The Bertz CT molecular complexity index is 612. The lowest BCUT2D eigenvalue weighted by molar-refractivity contribution is -0.121. The SMILES string of the molecule is CC(C)N(CCNC(=O)CCc1nc(-c2ccco2)no1)C(C)C. The van der Waals surface area contributed by atoms with Gasteiger partial charge in [0.25, 0.3) is 0 Å². The van der Waals surface area contributed by atoms with E-state index in [1.165, 1.54) is 0 Å². The second kappa shape index (κ2) is 8.63. The normalized spacial score (nSPS) is 11.6. The number of aryl methyl sites for hydroxylation is 1. The van der Waals surface area contributed by atoms with Gasteiger partial charge in [0.05, 0.1) is 6.26 Å². The summed E-state index contributed by atoms with van der Waals surface area (Å²) in [7, 11) is 0. The van der Waals surface area contributed by atoms with Crippen molar-refractivity contribution in [3.63, 3.8) is 0 Å². The molecule has 0 saturated heterocycles. The highest BCUT2D eigenvalue weighted by molar-refractivity contribution is 5.76. The van der Waals surface area contributed by atoms with Crippen LogP contribution in [-0.4, -0.2) is 46.1 Å². The van der Waals surface area contributed by atoms with Crippen molar-refractivity contribution in [1.82, 2.24) is 20.4 Å². The molecule has 0 aliphatic carbocycles. The van der Waals surface area contributed by atoms with Crippen LogP contribution in [0.4, 0.5) is 0 Å². The summed E-state index contributed by atoms with van der Waals surface area (Å²) in [5.74, 6) is 1.37. The van der Waals surface area contributed by atoms with Gasteiger partial charge in [0, 0.05) is 38.0 Å². The molecule has 2 heterocycles. The number of carbonyl (C=O) groups is 1. The fourth-order valence-electron chi connectivity index (χ4n) is 2.61. The molecule has 0 aliphatic rings. The molecule has 0 spiro atoms. The van der Waals surface area contributed by atoms with Gasteiger partial charge < -0.3 is 14.3 Å². The molecule has 7 nitrogen and oxygen atoms in total. The van der Waals surface area contributed by atoms with E-state index in [1.54, 1.807) is 18.4 Å². The van der Waals surface area contributed by atoms with Crippen molar-refractivity contribution in [1.29, 1.82) is 0 Å². The molecule has 0 aliphatic heterocycles. The Balaban J connectivity index is 1.72. The molecule has 24 heavy (non-hydrogen) atoms. The maximum atomic E-state index is 11.9. The van der Waals surface area contributed by atoms with Crippen LogP contribution < -0.4 is 5.32 Å². The molecule has 0 saturated carbocycles. The van der Waals surface area contributed by atoms with Gasteiger partial charge in [-0.3, -0.25) is 9.69 Å². The maximum Gasteiger partial charge on any atom is 0.238 e. The first-order chi connectivity index (χ1) is 11.5. The van der Waals surface area contributed by atoms with Gasteiger partial charge >= 0.3 is 0 Å². The van der Waals surface area contributed by atoms with Gasteiger partial charge in [0.1, 0.15) is 0 Å². The first kappa shape index (κ1) is 18.2. The van der Waals surface area contributed by atoms with E-state index >= 15 is 0 Å². The zero-order chi connectivity index (χ0) is 17.5. The molecule has 0 aromatic carbocycles. The zero-order valence-corrected chi connectivity index (χ0v) is 14.8. The molecule has 1 N–H and O–H groups in total. The van der Waals surface area contributed by atoms with E-state index in [9.17, 15) is 4.79 Å². The summed E-state index contributed by atoms with van der Waals surface area (Å²) in [6.07, 6.45) is 2.29. The summed E-state index contributed by atoms with van der Waals surface area (Å²) >= 11 is 0. The van der Waals surface area contributed by atoms with Gasteiger partial charge in [0.15, 0.2) is 5.76 Å². The molecule has 0 atom stereocenters. The van der Waals surface area contributed by atoms with Gasteiger partial charge in [-0.25, -0.2) is 0 Å². The van der Waals surface area contributed by atoms with Crippen molar-refractivity contribution in [3.8, 4) is 11.6 Å². The van der Waals surface area contributed by atoms with Crippen LogP contribution in [-0.2, 0) is 11.2 Å². The average molecular weight is 334 g/mol. The monoisotopic (exact) mass is 334 g/mol. The van der Waals surface area contributed by atoms with Crippen LogP contribution in [0.3, 0.4) is 0 Å². The lowest BCUT2D eigenvalue weighted by Gasteiger charge is -2.30. The second-order valence-electron chi connectivity index (χ2n) is 6.26. The van der Waals surface area contributed by atoms with Gasteiger partial charge in [-0.05, 0) is 39.8 Å². The number of carbonyl (C=O) groups excluding carboxylic acids is 1. The van der Waals surface area contributed by atoms with E-state index in [1.807, 2.05) is 0 Å². The van der Waals surface area contributed by atoms with Crippen molar-refractivity contribution in [2.75, 3.05) is 13.1 Å². The third kappa shape index (κ3) is 5.19. The number of rotatable bonds is 9. The van der Waals surface area contributed by atoms with E-state index in [4.69, 9.17) is 8.94 Å². The number of hydrogen-bond donors (Lipinski definition) is 1. The summed E-state index contributed by atoms with van der Waals surface area (Å²) in [5, 5.41) is 6.78. The highest BCUT2D eigenvalue weighted by atomic mass is 16.5. The second-order valence-corrected chi connectivity index (χ2v) is 6.26. The topological polar surface area (TPSA) is 84.4 Å². The van der Waals surface area contributed by atoms with Gasteiger partial charge in [-0.1, -0.05) is 5.16 Å². The molecule has 2 rings (SSSR count). The molecule has 7 heteroatoms. The molecular weight excluding hydrogens is 308 g/mol. The summed E-state index contributed by atoms with van der Waals surface area (Å²) in [6.45, 7) is 10.1. The standard InChI is InChI=1S/C17H26N4O3/c1-12(2)21(13(3)4)10-9-18-15(22)7-8-16-19-17(20-24-16)14-6-5-11-23-14/h5-6,11-13H,7-10H2,1-4H3,(H,18,22). The highest BCUT2D eigenvalue weighted by Crippen LogP contribution is 2.16. The van der Waals surface area contributed by atoms with Crippen LogP contribution in [0.25, 0.3) is 11.6 Å². The minimum Gasteiger partial charge on any atom is -0.461 e. The van der Waals surface area contributed by atoms with E-state index in [0.29, 0.717) is 48.9 Å². The average Bonchev–Trinajstić information content (AvgIpc) is 3.19. The van der Waals surface area contributed by atoms with Crippen LogP contribution in [0.2, 0.25) is 0 Å². The predicted molar refractivity (Wildman–Crippen MR) is 90.3 cm³/mol. The summed E-state index contributed by atoms with van der Waals surface area (Å²) < 4.78 is 10.3. The maximum absolute atomic E-state index is 11.9. The van der Waals surface area contributed by atoms with Crippen molar-refractivity contribution in [3.05, 3.63) is 24.3 Å². The molecule has 2 aromatic rings. The lowest BCUT2D eigenvalue weighted by Crippen LogP contribution is -2.42. The number of furan rings is 1. The van der Waals surface area contributed by atoms with Crippen molar-refractivity contribution >= 4 is 5.91 Å². The Labute approximate surface area is 142 Å². The summed E-state index contributed by atoms with van der Waals surface area (Å²) in [5.41, 5.74) is 0. The molecule has 0 bridgehead atoms. The van der Waals surface area contributed by atoms with Crippen molar-refractivity contribution in [2.24, 2.45) is 0 Å². The van der Waals surface area contributed by atoms with E-state index in [0.717, 1.165) is 6.54 Å². The first-order valence-electron chi connectivity index (χ1n) is 8.36. The van der Waals surface area contributed by atoms with Crippen LogP contribution in [0, 0.1) is 0 Å². The third-order valence-corrected chi connectivity index (χ3v) is 3.79. The van der Waals surface area contributed by atoms with Crippen LogP contribution in [0.5, 0.6) is 0 Å². The Morgan fingerprint density at radius 2 is 2.04 bits per heavy atom. The summed E-state index contributed by atoms with van der Waals surface area (Å²) in [4.78, 5) is 18.5. The first-order valence-corrected chi connectivity index (χ1v) is 8.36. The quantitative estimate of drug-likeness (QED) is 0.758. The fourth-order valence-corrected chi connectivity index (χ4v) is 2.61. The third-order valence-electron chi connectivity index (χ3n) is 3.79. The number of nitrogens with zero attached hydrogens (tertiary/aromatic N) is 3. The molecule has 0 radical (unpaired) electrons. The highest BCUT2D eigenvalue weighted by Gasteiger charge is 2.14. The fraction of sp³-hybridized carbons (Fsp3) is 0.588. The number of nitrogens with one attached hydrogen (secondary N) is 1. The molecule has 0 unspecified atom stereocenters. The van der Waals surface area contributed by atoms with Gasteiger partial charge in [0.2, 0.25) is 17.6 Å². The Kier molecular flexibility index (Phi) is 6.54. The molecular formula is C17H26N4O3. The molecule has 1 amide bonds. The van der Waals surface area contributed by atoms with Crippen molar-refractivity contribution in [2.45, 2.75) is 52.6 Å². The van der Waals surface area contributed by atoms with Crippen LogP contribution in [0.15, 0.2) is 27.3 Å². The lowest BCUT2D eigenvalue weighted by atomic mass is 10.2. The predicted octanol–water partition coefficient (Wildman–Crippen LogP) is 2.50. The van der Waals surface area contributed by atoms with Gasteiger partial charge in [-0.15, -0.1) is 0 Å². The molecule has 132 valence electrons. The van der Waals surface area contributed by atoms with E-state index in [2.05, 4.69) is 48.1 Å². The Morgan fingerprint density at radius 1 is 1.29 bits per heavy atom. The van der Waals surface area contributed by atoms with Crippen LogP contribution in [0.1, 0.15) is 40.0 Å². The van der Waals surface area contributed by atoms with E-state index in [-0.39, 0.29) is 5.91 Å². The smallest absolute Gasteiger partial charge is 0.238 e. The zero-order valence-electron chi connectivity index (χ0n) is 14.8. The Hall–Kier alpha value is -2.15. The minimum atomic E-state index is -0.0137.